The van der Waals surface area contributed by atoms with Gasteiger partial charge in [0.1, 0.15) is 23.0 Å². The number of hydrogen-bond donors (Lipinski definition) is 1. The summed E-state index contributed by atoms with van der Waals surface area (Å²) in [5, 5.41) is 2.34. The van der Waals surface area contributed by atoms with Crippen LogP contribution in [0.25, 0.3) is 0 Å². The fraction of sp³-hybridized carbons (Fsp3) is 0.480. The molecule has 2 aliphatic heterocycles. The second-order valence-corrected chi connectivity index (χ2v) is 9.44. The van der Waals surface area contributed by atoms with Crippen molar-refractivity contribution >= 4 is 11.8 Å². The number of amides is 2. The van der Waals surface area contributed by atoms with Crippen LogP contribution in [0.15, 0.2) is 23.1 Å². The number of unbranched alkanes of at least 4 members (excludes halogenated alkanes) is 1. The van der Waals surface area contributed by atoms with Gasteiger partial charge in [-0.25, -0.2) is 13.2 Å². The van der Waals surface area contributed by atoms with Gasteiger partial charge in [-0.05, 0) is 31.6 Å². The Morgan fingerprint density at radius 1 is 1.17 bits per heavy atom. The molecular formula is C25H26F3N3O4. The van der Waals surface area contributed by atoms with Crippen LogP contribution in [0.1, 0.15) is 65.4 Å². The van der Waals surface area contributed by atoms with Gasteiger partial charge in [0.2, 0.25) is 5.43 Å². The second-order valence-electron chi connectivity index (χ2n) is 9.44. The summed E-state index contributed by atoms with van der Waals surface area (Å²) in [6.45, 7) is 2.02. The number of nitrogens with one attached hydrogen (secondary N) is 1. The molecule has 1 aromatic heterocycles. The predicted octanol–water partition coefficient (Wildman–Crippen LogP) is 3.38. The molecule has 3 atom stereocenters. The first-order valence-corrected chi connectivity index (χ1v) is 11.9. The number of pyridine rings is 1. The Morgan fingerprint density at radius 2 is 1.91 bits per heavy atom. The zero-order chi connectivity index (χ0) is 24.9. The van der Waals surface area contributed by atoms with Crippen LogP contribution in [0.4, 0.5) is 13.2 Å². The van der Waals surface area contributed by atoms with Gasteiger partial charge in [0.25, 0.3) is 11.8 Å². The summed E-state index contributed by atoms with van der Waals surface area (Å²) < 4.78 is 48.5. The molecule has 5 rings (SSSR count). The quantitative estimate of drug-likeness (QED) is 0.605. The molecule has 2 amide bonds. The van der Waals surface area contributed by atoms with Crippen LogP contribution < -0.4 is 15.5 Å². The largest absolute Gasteiger partial charge is 0.487 e. The van der Waals surface area contributed by atoms with E-state index in [2.05, 4.69) is 5.32 Å². The summed E-state index contributed by atoms with van der Waals surface area (Å²) in [5.74, 6) is -4.28. The van der Waals surface area contributed by atoms with Crippen molar-refractivity contribution in [1.29, 1.82) is 0 Å². The van der Waals surface area contributed by atoms with Crippen LogP contribution in [0.2, 0.25) is 0 Å². The Hall–Kier alpha value is -3.30. The fourth-order valence-electron chi connectivity index (χ4n) is 5.59. The van der Waals surface area contributed by atoms with Crippen LogP contribution in [0.3, 0.4) is 0 Å². The number of ether oxygens (including phenoxy) is 1. The maximum absolute atomic E-state index is 14.0. The molecule has 7 nitrogen and oxygen atoms in total. The minimum atomic E-state index is -1.14. The van der Waals surface area contributed by atoms with E-state index in [9.17, 15) is 27.6 Å². The average molecular weight is 489 g/mol. The number of nitrogens with zero attached hydrogens (tertiary/aromatic N) is 2. The van der Waals surface area contributed by atoms with Gasteiger partial charge < -0.3 is 19.5 Å². The lowest BCUT2D eigenvalue weighted by molar-refractivity contribution is 0.0479. The van der Waals surface area contributed by atoms with E-state index < -0.39 is 40.9 Å². The van der Waals surface area contributed by atoms with Crippen molar-refractivity contribution in [2.45, 2.75) is 64.2 Å². The molecule has 1 aliphatic carbocycles. The summed E-state index contributed by atoms with van der Waals surface area (Å²) in [4.78, 5) is 41.6. The number of piperidine rings is 1. The lowest BCUT2D eigenvalue weighted by atomic mass is 9.95. The molecule has 3 aliphatic rings. The zero-order valence-electron chi connectivity index (χ0n) is 19.3. The first kappa shape index (κ1) is 23.4. The topological polar surface area (TPSA) is 80.6 Å². The zero-order valence-corrected chi connectivity index (χ0v) is 19.3. The third kappa shape index (κ3) is 3.98. The third-order valence-electron chi connectivity index (χ3n) is 7.32. The number of carbonyl (C=O) groups is 2. The van der Waals surface area contributed by atoms with E-state index in [1.807, 2.05) is 11.8 Å². The molecule has 1 saturated heterocycles. The third-order valence-corrected chi connectivity index (χ3v) is 7.32. The van der Waals surface area contributed by atoms with Gasteiger partial charge in [-0.15, -0.1) is 0 Å². The SMILES string of the molecule is CCCCOc1c2n(cc(C(=O)NCc3c(F)cc(F)cc3F)c1=O)C[C@H]1C3CC[C@@H](C3)N1C2=O. The molecule has 1 N–H and O–H groups in total. The molecule has 2 bridgehead atoms. The smallest absolute Gasteiger partial charge is 0.275 e. The van der Waals surface area contributed by atoms with Gasteiger partial charge in [-0.2, -0.15) is 0 Å². The first-order valence-electron chi connectivity index (χ1n) is 11.9. The van der Waals surface area contributed by atoms with Gasteiger partial charge in [0.05, 0.1) is 12.6 Å². The summed E-state index contributed by atoms with van der Waals surface area (Å²) in [6, 6.07) is 1.20. The van der Waals surface area contributed by atoms with E-state index in [0.29, 0.717) is 31.0 Å². The Labute approximate surface area is 199 Å². The Balaban J connectivity index is 1.48. The van der Waals surface area contributed by atoms with E-state index in [1.54, 1.807) is 4.57 Å². The number of hydrogen-bond acceptors (Lipinski definition) is 4. The van der Waals surface area contributed by atoms with Crippen LogP contribution in [-0.4, -0.2) is 40.0 Å². The van der Waals surface area contributed by atoms with E-state index in [-0.39, 0.29) is 41.6 Å². The number of carbonyl (C=O) groups excluding carboxylic acids is 2. The van der Waals surface area contributed by atoms with Crippen molar-refractivity contribution in [3.8, 4) is 5.75 Å². The highest BCUT2D eigenvalue weighted by atomic mass is 19.1. The molecule has 186 valence electrons. The Bertz CT molecular complexity index is 1240. The van der Waals surface area contributed by atoms with Crippen LogP contribution in [-0.2, 0) is 13.1 Å². The van der Waals surface area contributed by atoms with Crippen molar-refractivity contribution in [2.24, 2.45) is 5.92 Å². The normalized spacial score (nSPS) is 22.2. The molecule has 2 fully saturated rings. The number of fused-ring (bicyclic) bond motifs is 6. The minimum Gasteiger partial charge on any atom is -0.487 e. The molecule has 3 heterocycles. The molecule has 10 heteroatoms. The number of halogens is 3. The van der Waals surface area contributed by atoms with E-state index >= 15 is 0 Å². The molecule has 1 aromatic carbocycles. The number of aromatic nitrogens is 1. The first-order chi connectivity index (χ1) is 16.8. The standard InChI is InChI=1S/C25H26F3N3O4/c1-2-3-6-35-23-21-25(34)31-15-5-4-13(7-15)20(31)12-30(21)11-17(22(23)32)24(33)29-10-16-18(27)8-14(26)9-19(16)28/h8-9,11,13,15,20H,2-7,10,12H2,1H3,(H,29,33)/t13?,15-,20-/m0/s1. The van der Waals surface area contributed by atoms with Crippen molar-refractivity contribution in [2.75, 3.05) is 6.61 Å². The maximum Gasteiger partial charge on any atom is 0.275 e. The number of rotatable bonds is 7. The van der Waals surface area contributed by atoms with E-state index in [4.69, 9.17) is 4.74 Å². The highest BCUT2D eigenvalue weighted by molar-refractivity contribution is 5.99. The molecule has 1 saturated carbocycles. The van der Waals surface area contributed by atoms with Crippen molar-refractivity contribution in [1.82, 2.24) is 14.8 Å². The maximum atomic E-state index is 14.0. The second kappa shape index (κ2) is 9.05. The molecule has 1 unspecified atom stereocenters. The van der Waals surface area contributed by atoms with E-state index in [0.717, 1.165) is 25.7 Å². The van der Waals surface area contributed by atoms with Crippen molar-refractivity contribution < 1.29 is 27.5 Å². The van der Waals surface area contributed by atoms with Gasteiger partial charge in [0, 0.05) is 43.0 Å². The average Bonchev–Trinajstić information content (AvgIpc) is 3.42. The molecular weight excluding hydrogens is 463 g/mol. The minimum absolute atomic E-state index is 0.00179. The van der Waals surface area contributed by atoms with Crippen LogP contribution in [0.5, 0.6) is 5.75 Å². The molecule has 2 aromatic rings. The lowest BCUT2D eigenvalue weighted by Gasteiger charge is -2.40. The summed E-state index contributed by atoms with van der Waals surface area (Å²) >= 11 is 0. The number of benzene rings is 1. The Morgan fingerprint density at radius 3 is 2.63 bits per heavy atom. The molecule has 0 spiro atoms. The molecule has 0 radical (unpaired) electrons. The van der Waals surface area contributed by atoms with Gasteiger partial charge in [-0.3, -0.25) is 14.4 Å². The molecule has 35 heavy (non-hydrogen) atoms. The summed E-state index contributed by atoms with van der Waals surface area (Å²) in [5.41, 5.74) is -1.42. The highest BCUT2D eigenvalue weighted by Crippen LogP contribution is 2.46. The van der Waals surface area contributed by atoms with Crippen LogP contribution in [0, 0.1) is 23.4 Å². The van der Waals surface area contributed by atoms with Gasteiger partial charge >= 0.3 is 0 Å². The fourth-order valence-corrected chi connectivity index (χ4v) is 5.59. The summed E-state index contributed by atoms with van der Waals surface area (Å²) in [7, 11) is 0. The predicted molar refractivity (Wildman–Crippen MR) is 120 cm³/mol. The van der Waals surface area contributed by atoms with Gasteiger partial charge in [-0.1, -0.05) is 13.3 Å². The van der Waals surface area contributed by atoms with Gasteiger partial charge in [0.15, 0.2) is 11.4 Å². The summed E-state index contributed by atoms with van der Waals surface area (Å²) in [6.07, 6.45) is 5.71. The monoisotopic (exact) mass is 489 g/mol. The highest BCUT2D eigenvalue weighted by Gasteiger charge is 2.51. The van der Waals surface area contributed by atoms with Crippen molar-refractivity contribution in [3.05, 3.63) is 62.8 Å². The Kier molecular flexibility index (Phi) is 6.06. The van der Waals surface area contributed by atoms with Crippen LogP contribution >= 0.6 is 0 Å². The van der Waals surface area contributed by atoms with E-state index in [1.165, 1.54) is 6.20 Å². The van der Waals surface area contributed by atoms with Crippen molar-refractivity contribution in [3.63, 3.8) is 0 Å². The lowest BCUT2D eigenvalue weighted by Crippen LogP contribution is -2.52.